The van der Waals surface area contributed by atoms with Gasteiger partial charge >= 0.3 is 12.3 Å². The van der Waals surface area contributed by atoms with Gasteiger partial charge in [-0.3, -0.25) is 14.6 Å². The second kappa shape index (κ2) is 11.0. The minimum absolute atomic E-state index is 0.0724. The van der Waals surface area contributed by atoms with Crippen molar-refractivity contribution in [2.45, 2.75) is 45.4 Å². The van der Waals surface area contributed by atoms with Crippen molar-refractivity contribution in [1.29, 1.82) is 0 Å². The molecule has 16 heteroatoms. The third-order valence-electron chi connectivity index (χ3n) is 7.58. The number of primary sulfonamides is 1. The molecule has 0 radical (unpaired) electrons. The fraction of sp³-hybridized carbons (Fsp3) is 0.481. The van der Waals surface area contributed by atoms with Gasteiger partial charge < -0.3 is 19.9 Å². The van der Waals surface area contributed by atoms with Crippen LogP contribution in [0.5, 0.6) is 0 Å². The topological polar surface area (TPSA) is 152 Å². The summed E-state index contributed by atoms with van der Waals surface area (Å²) in [6, 6.07) is 3.53. The molecule has 0 spiro atoms. The van der Waals surface area contributed by atoms with Gasteiger partial charge in [-0.05, 0) is 24.3 Å². The van der Waals surface area contributed by atoms with Crippen molar-refractivity contribution in [3.05, 3.63) is 53.1 Å². The number of nitrogens with two attached hydrogens (primary N) is 1. The zero-order chi connectivity index (χ0) is 32.1. The number of sulfonamides is 1. The van der Waals surface area contributed by atoms with Gasteiger partial charge in [-0.2, -0.15) is 13.2 Å². The molecule has 2 fully saturated rings. The van der Waals surface area contributed by atoms with E-state index in [1.165, 1.54) is 9.80 Å². The van der Waals surface area contributed by atoms with Gasteiger partial charge in [0.25, 0.3) is 5.91 Å². The molecule has 0 aliphatic carbocycles. The molecule has 11 nitrogen and oxygen atoms in total. The van der Waals surface area contributed by atoms with E-state index in [-0.39, 0.29) is 49.0 Å². The fourth-order valence-corrected chi connectivity index (χ4v) is 5.58. The molecule has 2 aliphatic rings. The Balaban J connectivity index is 1.41. The smallest absolute Gasteiger partial charge is 0.417 e. The van der Waals surface area contributed by atoms with Crippen LogP contribution in [0.15, 0.2) is 35.4 Å². The Morgan fingerprint density at radius 1 is 1.12 bits per heavy atom. The highest BCUT2D eigenvalue weighted by Crippen LogP contribution is 2.43. The number of rotatable bonds is 5. The molecule has 3 N–H and O–H groups in total. The summed E-state index contributed by atoms with van der Waals surface area (Å²) in [5.74, 6) is -2.41. The van der Waals surface area contributed by atoms with Gasteiger partial charge in [0.1, 0.15) is 18.1 Å². The predicted molar refractivity (Wildman–Crippen MR) is 144 cm³/mol. The van der Waals surface area contributed by atoms with Gasteiger partial charge in [-0.25, -0.2) is 22.7 Å². The number of amides is 3. The Kier molecular flexibility index (Phi) is 8.25. The van der Waals surface area contributed by atoms with Crippen LogP contribution in [-0.2, 0) is 32.3 Å². The summed E-state index contributed by atoms with van der Waals surface area (Å²) in [4.78, 5) is 44.6. The van der Waals surface area contributed by atoms with E-state index in [1.807, 2.05) is 6.92 Å². The van der Waals surface area contributed by atoms with Crippen molar-refractivity contribution in [3.63, 3.8) is 0 Å². The zero-order valence-electron chi connectivity index (χ0n) is 23.8. The molecule has 4 rings (SSSR count). The number of ether oxygens (including phenoxy) is 1. The first kappa shape index (κ1) is 32.1. The molecular formula is C27H31F4N5O6S. The molecule has 1 unspecified atom stereocenters. The van der Waals surface area contributed by atoms with Gasteiger partial charge in [0.15, 0.2) is 0 Å². The minimum Gasteiger partial charge on any atom is -0.443 e. The number of hydrogen-bond acceptors (Lipinski definition) is 7. The van der Waals surface area contributed by atoms with Crippen LogP contribution >= 0.6 is 0 Å². The Bertz CT molecular complexity index is 1580. The van der Waals surface area contributed by atoms with Gasteiger partial charge in [-0.15, -0.1) is 0 Å². The van der Waals surface area contributed by atoms with Gasteiger partial charge in [0.2, 0.25) is 15.9 Å². The van der Waals surface area contributed by atoms with Crippen LogP contribution in [0.25, 0.3) is 0 Å². The SMILES string of the molecule is CC(C)(C)C(=O)Nc1cc(C(F)(F)F)cnc1COC(=O)N1CC2CN(C(=O)c3ccc(S(N)(=O)=O)cc3F)C[C@@]2(C)C1. The fourth-order valence-electron chi connectivity index (χ4n) is 5.05. The lowest BCUT2D eigenvalue weighted by molar-refractivity contribution is -0.137. The number of nitrogens with zero attached hydrogens (tertiary/aromatic N) is 3. The van der Waals surface area contributed by atoms with Gasteiger partial charge in [0.05, 0.1) is 21.7 Å². The largest absolute Gasteiger partial charge is 0.443 e. The maximum Gasteiger partial charge on any atom is 0.417 e. The summed E-state index contributed by atoms with van der Waals surface area (Å²) in [5, 5.41) is 7.45. The molecule has 2 saturated heterocycles. The Hall–Kier alpha value is -3.79. The van der Waals surface area contributed by atoms with E-state index in [2.05, 4.69) is 10.3 Å². The highest BCUT2D eigenvalue weighted by Gasteiger charge is 2.52. The predicted octanol–water partition coefficient (Wildman–Crippen LogP) is 3.60. The molecule has 234 valence electrons. The summed E-state index contributed by atoms with van der Waals surface area (Å²) in [6.45, 7) is 6.86. The van der Waals surface area contributed by atoms with Crippen LogP contribution in [0, 0.1) is 22.6 Å². The maximum atomic E-state index is 14.6. The number of benzene rings is 1. The highest BCUT2D eigenvalue weighted by atomic mass is 32.2. The standard InChI is InChI=1S/C27H31F4N5O6S/c1-25(2,3)23(38)34-20-7-15(27(29,30)31)9-33-21(20)12-42-24(39)36-11-16-10-35(13-26(16,4)14-36)22(37)18-6-5-17(8-19(18)28)43(32,40)41/h5-9,16H,10-14H2,1-4H3,(H,34,38)(H2,32,40,41)/t16?,26-/m0/s1. The minimum atomic E-state index is -4.71. The molecule has 1 aromatic heterocycles. The Morgan fingerprint density at radius 2 is 1.74 bits per heavy atom. The van der Waals surface area contributed by atoms with Crippen LogP contribution in [0.3, 0.4) is 0 Å². The van der Waals surface area contributed by atoms with Crippen molar-refractivity contribution in [1.82, 2.24) is 14.8 Å². The first-order valence-corrected chi connectivity index (χ1v) is 14.6. The molecule has 3 heterocycles. The average molecular weight is 630 g/mol. The molecule has 3 amide bonds. The number of pyridine rings is 1. The van der Waals surface area contributed by atoms with E-state index >= 15 is 0 Å². The quantitative estimate of drug-likeness (QED) is 0.480. The number of nitrogens with one attached hydrogen (secondary N) is 1. The lowest BCUT2D eigenvalue weighted by Gasteiger charge is -2.25. The van der Waals surface area contributed by atoms with E-state index in [0.29, 0.717) is 12.3 Å². The van der Waals surface area contributed by atoms with Gasteiger partial charge in [0, 0.05) is 49.1 Å². The number of halogens is 4. The lowest BCUT2D eigenvalue weighted by Crippen LogP contribution is -2.38. The lowest BCUT2D eigenvalue weighted by atomic mass is 9.83. The molecular weight excluding hydrogens is 598 g/mol. The van der Waals surface area contributed by atoms with Crippen molar-refractivity contribution in [2.75, 3.05) is 31.5 Å². The molecule has 0 saturated carbocycles. The molecule has 2 atom stereocenters. The summed E-state index contributed by atoms with van der Waals surface area (Å²) in [7, 11) is -4.15. The molecule has 2 aromatic rings. The molecule has 0 bridgehead atoms. The van der Waals surface area contributed by atoms with Gasteiger partial charge in [-0.1, -0.05) is 27.7 Å². The molecule has 1 aromatic carbocycles. The summed E-state index contributed by atoms with van der Waals surface area (Å²) in [5.41, 5.74) is -3.18. The normalized spacial score (nSPS) is 20.6. The second-order valence-electron chi connectivity index (χ2n) is 12.1. The number of likely N-dealkylation sites (tertiary alicyclic amines) is 2. The second-order valence-corrected chi connectivity index (χ2v) is 13.6. The van der Waals surface area contributed by atoms with E-state index in [0.717, 1.165) is 18.2 Å². The summed E-state index contributed by atoms with van der Waals surface area (Å²) >= 11 is 0. The van der Waals surface area contributed by atoms with Crippen LogP contribution in [0.1, 0.15) is 49.3 Å². The van der Waals surface area contributed by atoms with E-state index in [9.17, 15) is 40.4 Å². The number of carbonyl (C=O) groups is 3. The van der Waals surface area contributed by atoms with Crippen molar-refractivity contribution >= 4 is 33.6 Å². The molecule has 2 aliphatic heterocycles. The summed E-state index contributed by atoms with van der Waals surface area (Å²) in [6.07, 6.45) is -4.87. The summed E-state index contributed by atoms with van der Waals surface area (Å²) < 4.78 is 82.7. The van der Waals surface area contributed by atoms with Crippen LogP contribution < -0.4 is 10.5 Å². The number of aromatic nitrogens is 1. The number of carbonyl (C=O) groups excluding carboxylic acids is 3. The Morgan fingerprint density at radius 3 is 2.30 bits per heavy atom. The number of hydrogen-bond donors (Lipinski definition) is 2. The van der Waals surface area contributed by atoms with Crippen molar-refractivity contribution in [3.8, 4) is 0 Å². The first-order chi connectivity index (χ1) is 19.7. The van der Waals surface area contributed by atoms with Crippen molar-refractivity contribution in [2.24, 2.45) is 21.9 Å². The third kappa shape index (κ3) is 6.90. The highest BCUT2D eigenvalue weighted by molar-refractivity contribution is 7.89. The number of anilines is 1. The average Bonchev–Trinajstić information content (AvgIpc) is 3.37. The van der Waals surface area contributed by atoms with Crippen LogP contribution in [-0.4, -0.2) is 67.3 Å². The van der Waals surface area contributed by atoms with E-state index in [1.54, 1.807) is 20.8 Å². The van der Waals surface area contributed by atoms with Crippen LogP contribution in [0.2, 0.25) is 0 Å². The van der Waals surface area contributed by atoms with E-state index in [4.69, 9.17) is 9.88 Å². The first-order valence-electron chi connectivity index (χ1n) is 13.1. The van der Waals surface area contributed by atoms with Crippen LogP contribution in [0.4, 0.5) is 28.0 Å². The maximum absolute atomic E-state index is 14.6. The Labute approximate surface area is 245 Å². The zero-order valence-corrected chi connectivity index (χ0v) is 24.6. The number of alkyl halides is 3. The monoisotopic (exact) mass is 629 g/mol. The molecule has 43 heavy (non-hydrogen) atoms. The van der Waals surface area contributed by atoms with Crippen molar-refractivity contribution < 1.29 is 45.1 Å². The third-order valence-corrected chi connectivity index (χ3v) is 8.49. The van der Waals surface area contributed by atoms with E-state index < -0.39 is 67.8 Å². The number of fused-ring (bicyclic) bond motifs is 1.